The molecular weight excluding hydrogens is 370 g/mol. The molecule has 0 radical (unpaired) electrons. The van der Waals surface area contributed by atoms with E-state index in [-0.39, 0.29) is 30.7 Å². The van der Waals surface area contributed by atoms with E-state index in [4.69, 9.17) is 4.42 Å². The molecule has 0 aliphatic rings. The van der Waals surface area contributed by atoms with Gasteiger partial charge in [-0.1, -0.05) is 24.3 Å². The van der Waals surface area contributed by atoms with Crippen LogP contribution in [0.1, 0.15) is 28.6 Å². The van der Waals surface area contributed by atoms with Crippen LogP contribution in [-0.2, 0) is 22.6 Å². The monoisotopic (exact) mass is 391 g/mol. The highest BCUT2D eigenvalue weighted by Crippen LogP contribution is 2.16. The molecule has 7 heteroatoms. The minimum atomic E-state index is -0.308. The molecule has 3 N–H and O–H groups in total. The Morgan fingerprint density at radius 3 is 2.34 bits per heavy atom. The lowest BCUT2D eigenvalue weighted by Gasteiger charge is -2.11. The van der Waals surface area contributed by atoms with Gasteiger partial charge >= 0.3 is 0 Å². The molecule has 1 aromatic heterocycles. The summed E-state index contributed by atoms with van der Waals surface area (Å²) in [6.45, 7) is 1.69. The molecule has 29 heavy (non-hydrogen) atoms. The smallest absolute Gasteiger partial charge is 0.253 e. The summed E-state index contributed by atoms with van der Waals surface area (Å²) in [6.07, 6.45) is 1.68. The van der Waals surface area contributed by atoms with Crippen molar-refractivity contribution < 1.29 is 18.8 Å². The van der Waals surface area contributed by atoms with E-state index in [2.05, 4.69) is 16.0 Å². The van der Waals surface area contributed by atoms with Gasteiger partial charge in [-0.25, -0.2) is 0 Å². The first-order chi connectivity index (χ1) is 14.0. The van der Waals surface area contributed by atoms with E-state index in [0.717, 1.165) is 5.56 Å². The van der Waals surface area contributed by atoms with Crippen molar-refractivity contribution in [2.75, 3.05) is 10.6 Å². The van der Waals surface area contributed by atoms with E-state index in [9.17, 15) is 14.4 Å². The average molecular weight is 391 g/mol. The van der Waals surface area contributed by atoms with Crippen LogP contribution in [0.25, 0.3) is 0 Å². The predicted octanol–water partition coefficient (Wildman–Crippen LogP) is 3.35. The molecule has 0 aliphatic heterocycles. The van der Waals surface area contributed by atoms with Crippen LogP contribution < -0.4 is 16.0 Å². The Kier molecular flexibility index (Phi) is 6.42. The van der Waals surface area contributed by atoms with Crippen molar-refractivity contribution in [1.29, 1.82) is 0 Å². The van der Waals surface area contributed by atoms with Gasteiger partial charge < -0.3 is 20.4 Å². The molecule has 0 fully saturated rings. The fourth-order valence-electron chi connectivity index (χ4n) is 2.75. The molecule has 1 heterocycles. The molecule has 0 bridgehead atoms. The summed E-state index contributed by atoms with van der Waals surface area (Å²) >= 11 is 0. The molecule has 0 atom stereocenters. The Balaban J connectivity index is 1.61. The minimum Gasteiger partial charge on any atom is -0.467 e. The molecule has 0 saturated carbocycles. The highest BCUT2D eigenvalue weighted by atomic mass is 16.3. The Morgan fingerprint density at radius 1 is 0.897 bits per heavy atom. The van der Waals surface area contributed by atoms with Crippen molar-refractivity contribution in [3.05, 3.63) is 83.8 Å². The second-order valence-electron chi connectivity index (χ2n) is 6.41. The number of rotatable bonds is 7. The van der Waals surface area contributed by atoms with Crippen LogP contribution in [0.15, 0.2) is 71.3 Å². The second kappa shape index (κ2) is 9.36. The predicted molar refractivity (Wildman–Crippen MR) is 109 cm³/mol. The third kappa shape index (κ3) is 5.80. The van der Waals surface area contributed by atoms with Gasteiger partial charge in [0.1, 0.15) is 5.76 Å². The van der Waals surface area contributed by atoms with E-state index >= 15 is 0 Å². The lowest BCUT2D eigenvalue weighted by molar-refractivity contribution is -0.116. The van der Waals surface area contributed by atoms with Gasteiger partial charge in [0.15, 0.2) is 0 Å². The van der Waals surface area contributed by atoms with Gasteiger partial charge in [0.05, 0.1) is 30.5 Å². The number of hydrogen-bond donors (Lipinski definition) is 3. The summed E-state index contributed by atoms with van der Waals surface area (Å²) in [6, 6.07) is 17.3. The van der Waals surface area contributed by atoms with Crippen molar-refractivity contribution in [3.8, 4) is 0 Å². The maximum absolute atomic E-state index is 12.5. The first kappa shape index (κ1) is 19.9. The van der Waals surface area contributed by atoms with Gasteiger partial charge in [0, 0.05) is 12.6 Å². The lowest BCUT2D eigenvalue weighted by atomic mass is 10.1. The molecule has 3 amide bonds. The van der Waals surface area contributed by atoms with E-state index in [1.165, 1.54) is 6.92 Å². The topological polar surface area (TPSA) is 100 Å². The van der Waals surface area contributed by atoms with Crippen LogP contribution in [0.5, 0.6) is 0 Å². The number of hydrogen-bond acceptors (Lipinski definition) is 4. The number of amides is 3. The summed E-state index contributed by atoms with van der Waals surface area (Å²) in [5.41, 5.74) is 2.26. The zero-order chi connectivity index (χ0) is 20.6. The number of carbonyl (C=O) groups excluding carboxylic acids is 3. The Morgan fingerprint density at radius 2 is 1.66 bits per heavy atom. The minimum absolute atomic E-state index is 0.142. The largest absolute Gasteiger partial charge is 0.467 e. The van der Waals surface area contributed by atoms with Crippen molar-refractivity contribution in [3.63, 3.8) is 0 Å². The molecule has 0 aliphatic carbocycles. The first-order valence-electron chi connectivity index (χ1n) is 9.07. The van der Waals surface area contributed by atoms with Crippen LogP contribution in [0.3, 0.4) is 0 Å². The first-order valence-corrected chi connectivity index (χ1v) is 9.07. The summed E-state index contributed by atoms with van der Waals surface area (Å²) in [5, 5.41) is 8.23. The fraction of sp³-hybridized carbons (Fsp3) is 0.136. The summed E-state index contributed by atoms with van der Waals surface area (Å²) in [4.78, 5) is 36.0. The summed E-state index contributed by atoms with van der Waals surface area (Å²) in [5.74, 6) is -0.0690. The Bertz CT molecular complexity index is 995. The SMILES string of the molecule is CC(=O)Nc1ccc(CC(=O)Nc2ccccc2C(=O)NCc2ccco2)cc1. The van der Waals surface area contributed by atoms with Gasteiger partial charge in [-0.2, -0.15) is 0 Å². The fourth-order valence-corrected chi connectivity index (χ4v) is 2.75. The van der Waals surface area contributed by atoms with Crippen molar-refractivity contribution in [1.82, 2.24) is 5.32 Å². The molecule has 0 saturated heterocycles. The van der Waals surface area contributed by atoms with Crippen molar-refractivity contribution in [2.24, 2.45) is 0 Å². The van der Waals surface area contributed by atoms with Gasteiger partial charge in [-0.3, -0.25) is 14.4 Å². The number of para-hydroxylation sites is 1. The van der Waals surface area contributed by atoms with Crippen LogP contribution in [0.4, 0.5) is 11.4 Å². The quantitative estimate of drug-likeness (QED) is 0.575. The van der Waals surface area contributed by atoms with Crippen molar-refractivity contribution >= 4 is 29.1 Å². The summed E-state index contributed by atoms with van der Waals surface area (Å²) < 4.78 is 5.20. The van der Waals surface area contributed by atoms with Crippen LogP contribution >= 0.6 is 0 Å². The molecule has 3 aromatic rings. The Hall–Kier alpha value is -3.87. The van der Waals surface area contributed by atoms with Crippen molar-refractivity contribution in [2.45, 2.75) is 19.9 Å². The van der Waals surface area contributed by atoms with E-state index in [1.54, 1.807) is 66.9 Å². The maximum Gasteiger partial charge on any atom is 0.253 e. The van der Waals surface area contributed by atoms with E-state index < -0.39 is 0 Å². The molecule has 2 aromatic carbocycles. The van der Waals surface area contributed by atoms with Crippen LogP contribution in [0, 0.1) is 0 Å². The second-order valence-corrected chi connectivity index (χ2v) is 6.41. The number of furan rings is 1. The zero-order valence-corrected chi connectivity index (χ0v) is 15.9. The van der Waals surface area contributed by atoms with E-state index in [1.807, 2.05) is 0 Å². The highest BCUT2D eigenvalue weighted by Gasteiger charge is 2.13. The van der Waals surface area contributed by atoms with Crippen LogP contribution in [0.2, 0.25) is 0 Å². The zero-order valence-electron chi connectivity index (χ0n) is 15.9. The molecular formula is C22H21N3O4. The van der Waals surface area contributed by atoms with Gasteiger partial charge in [-0.15, -0.1) is 0 Å². The number of benzene rings is 2. The standard InChI is InChI=1S/C22H21N3O4/c1-15(26)24-17-10-8-16(9-11-17)13-21(27)25-20-7-3-2-6-19(20)22(28)23-14-18-5-4-12-29-18/h2-12H,13-14H2,1H3,(H,23,28)(H,24,26)(H,25,27). The Labute approximate surface area is 168 Å². The highest BCUT2D eigenvalue weighted by molar-refractivity contribution is 6.04. The number of carbonyl (C=O) groups is 3. The molecule has 3 rings (SSSR count). The molecule has 7 nitrogen and oxygen atoms in total. The van der Waals surface area contributed by atoms with Gasteiger partial charge in [0.2, 0.25) is 11.8 Å². The molecule has 0 spiro atoms. The summed E-state index contributed by atoms with van der Waals surface area (Å²) in [7, 11) is 0. The third-order valence-corrected chi connectivity index (χ3v) is 4.09. The number of anilines is 2. The van der Waals surface area contributed by atoms with Gasteiger partial charge in [0.25, 0.3) is 5.91 Å². The normalized spacial score (nSPS) is 10.2. The average Bonchev–Trinajstić information content (AvgIpc) is 3.21. The number of nitrogens with one attached hydrogen (secondary N) is 3. The van der Waals surface area contributed by atoms with Gasteiger partial charge in [-0.05, 0) is 42.0 Å². The maximum atomic E-state index is 12.5. The lowest BCUT2D eigenvalue weighted by Crippen LogP contribution is -2.25. The third-order valence-electron chi connectivity index (χ3n) is 4.09. The van der Waals surface area contributed by atoms with Crippen LogP contribution in [-0.4, -0.2) is 17.7 Å². The van der Waals surface area contributed by atoms with E-state index in [0.29, 0.717) is 22.7 Å². The molecule has 0 unspecified atom stereocenters. The molecule has 148 valence electrons.